The van der Waals surface area contributed by atoms with Crippen LogP contribution in [0.15, 0.2) is 60.7 Å². The summed E-state index contributed by atoms with van der Waals surface area (Å²) in [7, 11) is 11.8. The molecule has 240 valence electrons. The highest BCUT2D eigenvalue weighted by atomic mass is 127. The molecule has 0 unspecified atom stereocenters. The number of imide groups is 2. The second-order valence-corrected chi connectivity index (χ2v) is 13.5. The number of amides is 4. The van der Waals surface area contributed by atoms with Gasteiger partial charge in [-0.1, -0.05) is 0 Å². The lowest BCUT2D eigenvalue weighted by Gasteiger charge is -2.32. The number of anilines is 2. The summed E-state index contributed by atoms with van der Waals surface area (Å²) >= 11 is 0. The first kappa shape index (κ1) is 35.3. The van der Waals surface area contributed by atoms with Gasteiger partial charge >= 0.3 is 0 Å². The first-order chi connectivity index (χ1) is 20.6. The third-order valence-electron chi connectivity index (χ3n) is 7.83. The molecule has 0 radical (unpaired) electrons. The van der Waals surface area contributed by atoms with Gasteiger partial charge in [0.2, 0.25) is 0 Å². The van der Waals surface area contributed by atoms with Gasteiger partial charge in [-0.2, -0.15) is 0 Å². The number of carbonyl (C=O) groups excluding carboxylic acids is 4. The maximum Gasteiger partial charge on any atom is 0.265 e. The fourth-order valence-corrected chi connectivity index (χ4v) is 6.04. The van der Waals surface area contributed by atoms with Crippen molar-refractivity contribution < 1.29 is 86.3 Å². The number of quaternary nitrogens is 2. The van der Waals surface area contributed by atoms with Gasteiger partial charge in [0.25, 0.3) is 23.6 Å². The van der Waals surface area contributed by atoms with Crippen molar-refractivity contribution in [1.82, 2.24) is 0 Å². The molecule has 0 aromatic heterocycles. The van der Waals surface area contributed by atoms with E-state index in [1.54, 1.807) is 12.1 Å². The van der Waals surface area contributed by atoms with Gasteiger partial charge in [-0.05, 0) is 60.7 Å². The molecule has 0 bridgehead atoms. The normalized spacial score (nSPS) is 14.4. The van der Waals surface area contributed by atoms with Gasteiger partial charge in [0, 0.05) is 33.0 Å². The van der Waals surface area contributed by atoms with E-state index in [1.165, 1.54) is 48.5 Å². The smallest absolute Gasteiger partial charge is 0.265 e. The molecule has 4 amide bonds. The zero-order valence-electron chi connectivity index (χ0n) is 26.3. The number of nitrogens with zero attached hydrogens (tertiary/aromatic N) is 4. The molecule has 4 aromatic carbocycles. The molecule has 6 rings (SSSR count). The van der Waals surface area contributed by atoms with Gasteiger partial charge in [0.15, 0.2) is 0 Å². The molecule has 2 heterocycles. The monoisotopic (exact) mass is 848 g/mol. The van der Waals surface area contributed by atoms with Crippen LogP contribution >= 0.6 is 0 Å². The molecule has 2 aliphatic heterocycles. The van der Waals surface area contributed by atoms with Crippen LogP contribution in [0.3, 0.4) is 0 Å². The number of halogens is 2. The Bertz CT molecular complexity index is 1750. The standard InChI is InChI=1S/C34H32N4O6.2HI/c1-37(2,3)17-19-15-21(7-13-27(19)39)35-31(41)23-9-11-25-30-26(12-10-24(29(23)30)32(35)42)34(44)36(33(25)43)22-8-14-28(40)20(16-22)18-38(4,5)6;;/h7-16H,17-18H2,1-6H3;2*1H. The van der Waals surface area contributed by atoms with Crippen LogP contribution in [0.2, 0.25) is 0 Å². The van der Waals surface area contributed by atoms with Crippen LogP contribution < -0.4 is 57.8 Å². The molecule has 4 aromatic rings. The average Bonchev–Trinajstić information content (AvgIpc) is 2.92. The third-order valence-corrected chi connectivity index (χ3v) is 7.83. The number of phenolic OH excluding ortho intramolecular Hbond substituents is 2. The van der Waals surface area contributed by atoms with Gasteiger partial charge < -0.3 is 67.1 Å². The fraction of sp³-hybridized carbons (Fsp3) is 0.235. The van der Waals surface area contributed by atoms with E-state index in [0.717, 1.165) is 9.80 Å². The highest BCUT2D eigenvalue weighted by Crippen LogP contribution is 2.41. The summed E-state index contributed by atoms with van der Waals surface area (Å²) in [6.07, 6.45) is 0. The summed E-state index contributed by atoms with van der Waals surface area (Å²) in [5, 5.41) is 21.5. The average molecular weight is 848 g/mol. The van der Waals surface area contributed by atoms with Gasteiger partial charge in [0.1, 0.15) is 24.6 Å². The highest BCUT2D eigenvalue weighted by Gasteiger charge is 2.41. The largest absolute Gasteiger partial charge is 1.00 e. The van der Waals surface area contributed by atoms with Crippen molar-refractivity contribution in [3.05, 3.63) is 94.0 Å². The van der Waals surface area contributed by atoms with E-state index in [1.807, 2.05) is 42.3 Å². The summed E-state index contributed by atoms with van der Waals surface area (Å²) < 4.78 is 1.04. The molecule has 2 N–H and O–H groups in total. The molecule has 0 aliphatic carbocycles. The van der Waals surface area contributed by atoms with Crippen LogP contribution in [0.5, 0.6) is 11.5 Å². The van der Waals surface area contributed by atoms with E-state index in [9.17, 15) is 29.4 Å². The Morgan fingerprint density at radius 3 is 1.04 bits per heavy atom. The number of rotatable bonds is 6. The summed E-state index contributed by atoms with van der Waals surface area (Å²) in [5.74, 6) is -2.20. The summed E-state index contributed by atoms with van der Waals surface area (Å²) in [5.41, 5.74) is 2.60. The SMILES string of the molecule is C[N+](C)(C)Cc1cc(N2C(=O)c3ccc4c5c(ccc(c35)C2=O)C(=O)N(c2ccc(O)c(C[N+](C)(C)C)c2)C4=O)ccc1O.[I-].[I-]. The van der Waals surface area contributed by atoms with E-state index in [4.69, 9.17) is 0 Å². The molecule has 12 heteroatoms. The number of aromatic hydroxyl groups is 2. The zero-order chi connectivity index (χ0) is 31.9. The molecular weight excluding hydrogens is 814 g/mol. The molecule has 46 heavy (non-hydrogen) atoms. The lowest BCUT2D eigenvalue weighted by Crippen LogP contribution is -3.00. The second kappa shape index (κ2) is 12.2. The maximum atomic E-state index is 13.9. The lowest BCUT2D eigenvalue weighted by atomic mass is 9.85. The van der Waals surface area contributed by atoms with Crippen LogP contribution in [0, 0.1) is 0 Å². The van der Waals surface area contributed by atoms with Crippen molar-refractivity contribution in [3.63, 3.8) is 0 Å². The predicted molar refractivity (Wildman–Crippen MR) is 166 cm³/mol. The van der Waals surface area contributed by atoms with Crippen molar-refractivity contribution in [2.45, 2.75) is 13.1 Å². The van der Waals surface area contributed by atoms with Crippen molar-refractivity contribution in [2.24, 2.45) is 0 Å². The quantitative estimate of drug-likeness (QED) is 0.136. The first-order valence-corrected chi connectivity index (χ1v) is 14.2. The van der Waals surface area contributed by atoms with Crippen LogP contribution in [0.25, 0.3) is 10.8 Å². The Morgan fingerprint density at radius 1 is 0.500 bits per heavy atom. The van der Waals surface area contributed by atoms with E-state index >= 15 is 0 Å². The fourth-order valence-electron chi connectivity index (χ4n) is 6.04. The zero-order valence-corrected chi connectivity index (χ0v) is 30.6. The van der Waals surface area contributed by atoms with E-state index in [2.05, 4.69) is 0 Å². The van der Waals surface area contributed by atoms with E-state index in [-0.39, 0.29) is 92.5 Å². The number of benzene rings is 4. The van der Waals surface area contributed by atoms with Gasteiger partial charge in [-0.15, -0.1) is 0 Å². The van der Waals surface area contributed by atoms with Crippen molar-refractivity contribution in [3.8, 4) is 11.5 Å². The molecule has 0 saturated heterocycles. The Kier molecular flexibility index (Phi) is 9.36. The van der Waals surface area contributed by atoms with Crippen LogP contribution in [0.1, 0.15) is 52.6 Å². The first-order valence-electron chi connectivity index (χ1n) is 14.2. The molecule has 0 fully saturated rings. The summed E-state index contributed by atoms with van der Waals surface area (Å²) in [6.45, 7) is 0.931. The predicted octanol–water partition coefficient (Wildman–Crippen LogP) is -1.73. The van der Waals surface area contributed by atoms with Crippen molar-refractivity contribution in [1.29, 1.82) is 0 Å². The number of hydrogen-bond donors (Lipinski definition) is 2. The van der Waals surface area contributed by atoms with Gasteiger partial charge in [-0.3, -0.25) is 19.2 Å². The van der Waals surface area contributed by atoms with Crippen molar-refractivity contribution in [2.75, 3.05) is 52.1 Å². The number of hydrogen-bond acceptors (Lipinski definition) is 6. The number of carbonyl (C=O) groups is 4. The Balaban J connectivity index is 0.00000240. The second-order valence-electron chi connectivity index (χ2n) is 13.5. The third kappa shape index (κ3) is 5.98. The molecular formula is C34H34I2N4O6. The summed E-state index contributed by atoms with van der Waals surface area (Å²) in [4.78, 5) is 57.7. The minimum absolute atomic E-state index is 0. The Morgan fingerprint density at radius 2 is 0.783 bits per heavy atom. The van der Waals surface area contributed by atoms with Crippen molar-refractivity contribution >= 4 is 45.8 Å². The maximum absolute atomic E-state index is 13.9. The van der Waals surface area contributed by atoms with Gasteiger partial charge in [0.05, 0.1) is 64.8 Å². The minimum Gasteiger partial charge on any atom is -1.00 e. The molecule has 2 aliphatic rings. The Labute approximate surface area is 301 Å². The Hall–Kier alpha value is -3.60. The lowest BCUT2D eigenvalue weighted by molar-refractivity contribution is -0.884. The van der Waals surface area contributed by atoms with Gasteiger partial charge in [-0.25, -0.2) is 9.80 Å². The summed E-state index contributed by atoms with van der Waals surface area (Å²) in [6, 6.07) is 15.3. The topological polar surface area (TPSA) is 115 Å². The van der Waals surface area contributed by atoms with Crippen LogP contribution in [-0.2, 0) is 13.1 Å². The van der Waals surface area contributed by atoms with Crippen LogP contribution in [0.4, 0.5) is 11.4 Å². The minimum atomic E-state index is -0.584. The van der Waals surface area contributed by atoms with E-state index < -0.39 is 23.6 Å². The van der Waals surface area contributed by atoms with Crippen LogP contribution in [-0.4, -0.2) is 85.1 Å². The molecule has 0 saturated carbocycles. The molecule has 0 spiro atoms. The highest BCUT2D eigenvalue weighted by molar-refractivity contribution is 6.42. The molecule has 0 atom stereocenters. The van der Waals surface area contributed by atoms with E-state index in [0.29, 0.717) is 44.6 Å². The molecule has 10 nitrogen and oxygen atoms in total. The number of phenols is 2.